The minimum Gasteiger partial charge on any atom is -0.360 e. The fraction of sp³-hybridized carbons (Fsp3) is 0.0370. The summed E-state index contributed by atoms with van der Waals surface area (Å²) < 4.78 is 5.51. The second-order valence-electron chi connectivity index (χ2n) is 7.56. The van der Waals surface area contributed by atoms with Crippen molar-refractivity contribution in [3.8, 4) is 17.1 Å². The van der Waals surface area contributed by atoms with E-state index in [4.69, 9.17) is 17.3 Å². The summed E-state index contributed by atoms with van der Waals surface area (Å²) in [6, 6.07) is 38.6. The molecule has 4 nitrogen and oxygen atoms in total. The summed E-state index contributed by atoms with van der Waals surface area (Å²) >= 11 is 9.63. The Morgan fingerprint density at radius 2 is 1.39 bits per heavy atom. The van der Waals surface area contributed by atoms with Gasteiger partial charge in [-0.25, -0.2) is 4.68 Å². The first-order chi connectivity index (χ1) is 16.2. The van der Waals surface area contributed by atoms with E-state index in [0.717, 1.165) is 32.8 Å². The number of benzene rings is 4. The monoisotopic (exact) mass is 512 g/mol. The molecule has 1 heterocycles. The molecule has 0 aliphatic carbocycles. The van der Waals surface area contributed by atoms with Gasteiger partial charge < -0.3 is 5.32 Å². The molecule has 0 fully saturated rings. The lowest BCUT2D eigenvalue weighted by molar-refractivity contribution is 0.566. The van der Waals surface area contributed by atoms with Crippen LogP contribution < -0.4 is 5.32 Å². The summed E-state index contributed by atoms with van der Waals surface area (Å²) in [7, 11) is 0. The highest BCUT2D eigenvalue weighted by Gasteiger charge is 2.22. The second kappa shape index (κ2) is 9.57. The van der Waals surface area contributed by atoms with Crippen LogP contribution in [0.5, 0.6) is 0 Å². The van der Waals surface area contributed by atoms with Gasteiger partial charge in [0.2, 0.25) is 4.77 Å². The van der Waals surface area contributed by atoms with Crippen LogP contribution in [0.1, 0.15) is 11.7 Å². The van der Waals surface area contributed by atoms with Crippen molar-refractivity contribution in [2.24, 2.45) is 0 Å². The molecule has 162 valence electrons. The number of hydrogen-bond acceptors (Lipinski definition) is 3. The first-order valence-corrected chi connectivity index (χ1v) is 11.8. The van der Waals surface area contributed by atoms with Crippen LogP contribution in [0.2, 0.25) is 0 Å². The Labute approximate surface area is 206 Å². The van der Waals surface area contributed by atoms with Crippen LogP contribution in [0.3, 0.4) is 0 Å². The Morgan fingerprint density at radius 3 is 2.06 bits per heavy atom. The van der Waals surface area contributed by atoms with Gasteiger partial charge in [0.1, 0.15) is 6.17 Å². The van der Waals surface area contributed by atoms with Gasteiger partial charge in [-0.15, -0.1) is 5.10 Å². The standard InChI is InChI=1S/C27H21BrN4S/c28-22-14-10-13-21(19-22)26-30-32(27(33)31(26)24-17-8-3-9-18-24)25(20-11-4-1-5-12-20)29-23-15-6-2-7-16-23/h1-19,25,29H. The van der Waals surface area contributed by atoms with Crippen molar-refractivity contribution in [3.05, 3.63) is 130 Å². The topological polar surface area (TPSA) is 34.8 Å². The maximum atomic E-state index is 6.03. The molecule has 4 aromatic carbocycles. The number of rotatable bonds is 6. The maximum absolute atomic E-state index is 6.03. The highest BCUT2D eigenvalue weighted by molar-refractivity contribution is 9.10. The minimum atomic E-state index is -0.281. The minimum absolute atomic E-state index is 0.281. The fourth-order valence-electron chi connectivity index (χ4n) is 3.79. The van der Waals surface area contributed by atoms with E-state index in [9.17, 15) is 0 Å². The number of anilines is 1. The predicted octanol–water partition coefficient (Wildman–Crippen LogP) is 7.49. The van der Waals surface area contributed by atoms with Gasteiger partial charge in [-0.3, -0.25) is 4.57 Å². The quantitative estimate of drug-likeness (QED) is 0.239. The molecule has 0 amide bonds. The van der Waals surface area contributed by atoms with E-state index < -0.39 is 0 Å². The summed E-state index contributed by atoms with van der Waals surface area (Å²) in [4.78, 5) is 0. The molecule has 33 heavy (non-hydrogen) atoms. The van der Waals surface area contributed by atoms with E-state index in [1.165, 1.54) is 0 Å². The molecule has 0 aliphatic rings. The molecule has 5 rings (SSSR count). The van der Waals surface area contributed by atoms with Crippen LogP contribution in [-0.4, -0.2) is 14.3 Å². The van der Waals surface area contributed by atoms with Crippen molar-refractivity contribution in [2.75, 3.05) is 5.32 Å². The highest BCUT2D eigenvalue weighted by Crippen LogP contribution is 2.29. The summed E-state index contributed by atoms with van der Waals surface area (Å²) in [5, 5.41) is 8.68. The molecule has 0 bridgehead atoms. The average molecular weight is 513 g/mol. The maximum Gasteiger partial charge on any atom is 0.205 e. The molecular formula is C27H21BrN4S. The molecular weight excluding hydrogens is 492 g/mol. The third-order valence-corrected chi connectivity index (χ3v) is 6.20. The van der Waals surface area contributed by atoms with Crippen molar-refractivity contribution in [1.82, 2.24) is 14.3 Å². The molecule has 6 heteroatoms. The Hall–Kier alpha value is -3.48. The molecule has 0 saturated carbocycles. The highest BCUT2D eigenvalue weighted by atomic mass is 79.9. The first kappa shape index (κ1) is 21.4. The lowest BCUT2D eigenvalue weighted by Gasteiger charge is -2.20. The van der Waals surface area contributed by atoms with E-state index in [0.29, 0.717) is 4.77 Å². The summed E-state index contributed by atoms with van der Waals surface area (Å²) in [6.45, 7) is 0. The third kappa shape index (κ3) is 4.53. The van der Waals surface area contributed by atoms with Gasteiger partial charge in [0.15, 0.2) is 5.82 Å². The summed E-state index contributed by atoms with van der Waals surface area (Å²) in [6.07, 6.45) is -0.281. The zero-order chi connectivity index (χ0) is 22.6. The average Bonchev–Trinajstić information content (AvgIpc) is 3.21. The van der Waals surface area contributed by atoms with Gasteiger partial charge >= 0.3 is 0 Å². The zero-order valence-electron chi connectivity index (χ0n) is 17.7. The molecule has 0 saturated heterocycles. The van der Waals surface area contributed by atoms with Crippen LogP contribution in [-0.2, 0) is 0 Å². The van der Waals surface area contributed by atoms with Gasteiger partial charge in [0.05, 0.1) is 0 Å². The largest absolute Gasteiger partial charge is 0.360 e. The van der Waals surface area contributed by atoms with E-state index in [-0.39, 0.29) is 6.17 Å². The van der Waals surface area contributed by atoms with Gasteiger partial charge in [0.25, 0.3) is 0 Å². The van der Waals surface area contributed by atoms with E-state index in [1.54, 1.807) is 0 Å². The normalized spacial score (nSPS) is 11.8. The molecule has 0 spiro atoms. The van der Waals surface area contributed by atoms with Crippen LogP contribution in [0.4, 0.5) is 5.69 Å². The van der Waals surface area contributed by atoms with Crippen molar-refractivity contribution < 1.29 is 0 Å². The Morgan fingerprint density at radius 1 is 0.758 bits per heavy atom. The zero-order valence-corrected chi connectivity index (χ0v) is 20.1. The Balaban J connectivity index is 1.73. The number of nitrogens with zero attached hydrogens (tertiary/aromatic N) is 3. The summed E-state index contributed by atoms with van der Waals surface area (Å²) in [5.74, 6) is 0.781. The molecule has 1 unspecified atom stereocenters. The first-order valence-electron chi connectivity index (χ1n) is 10.6. The number of hydrogen-bond donors (Lipinski definition) is 1. The molecule has 1 aromatic heterocycles. The lowest BCUT2D eigenvalue weighted by atomic mass is 10.1. The van der Waals surface area contributed by atoms with Crippen LogP contribution in [0, 0.1) is 4.77 Å². The Bertz CT molecular complexity index is 1410. The lowest BCUT2D eigenvalue weighted by Crippen LogP contribution is -2.21. The van der Waals surface area contributed by atoms with Gasteiger partial charge in [-0.2, -0.15) is 0 Å². The van der Waals surface area contributed by atoms with Crippen LogP contribution in [0.15, 0.2) is 120 Å². The van der Waals surface area contributed by atoms with Crippen molar-refractivity contribution in [3.63, 3.8) is 0 Å². The van der Waals surface area contributed by atoms with Crippen molar-refractivity contribution >= 4 is 33.8 Å². The number of aromatic nitrogens is 3. The van der Waals surface area contributed by atoms with E-state index in [2.05, 4.69) is 39.4 Å². The van der Waals surface area contributed by atoms with E-state index >= 15 is 0 Å². The van der Waals surface area contributed by atoms with Crippen molar-refractivity contribution in [2.45, 2.75) is 6.17 Å². The second-order valence-corrected chi connectivity index (χ2v) is 8.84. The van der Waals surface area contributed by atoms with Crippen molar-refractivity contribution in [1.29, 1.82) is 0 Å². The van der Waals surface area contributed by atoms with Crippen LogP contribution >= 0.6 is 28.1 Å². The van der Waals surface area contributed by atoms with Gasteiger partial charge in [-0.05, 0) is 54.2 Å². The van der Waals surface area contributed by atoms with Gasteiger partial charge in [0, 0.05) is 21.4 Å². The Kier molecular flexibility index (Phi) is 6.19. The fourth-order valence-corrected chi connectivity index (χ4v) is 4.53. The smallest absolute Gasteiger partial charge is 0.205 e. The number of para-hydroxylation sites is 2. The molecule has 1 atom stereocenters. The number of nitrogens with one attached hydrogen (secondary N) is 1. The van der Waals surface area contributed by atoms with Crippen LogP contribution in [0.25, 0.3) is 17.1 Å². The number of halogens is 1. The molecule has 5 aromatic rings. The van der Waals surface area contributed by atoms with Gasteiger partial charge in [-0.1, -0.05) is 94.8 Å². The SMILES string of the molecule is S=c1n(C(Nc2ccccc2)c2ccccc2)nc(-c2cccc(Br)c2)n1-c1ccccc1. The molecule has 0 aliphatic heterocycles. The molecule has 1 N–H and O–H groups in total. The summed E-state index contributed by atoms with van der Waals surface area (Å²) in [5.41, 5.74) is 4.00. The van der Waals surface area contributed by atoms with E-state index in [1.807, 2.05) is 106 Å². The predicted molar refractivity (Wildman–Crippen MR) is 140 cm³/mol. The molecule has 0 radical (unpaired) electrons. The third-order valence-electron chi connectivity index (χ3n) is 5.34.